The molecule has 2 saturated carbocycles. The fourth-order valence-electron chi connectivity index (χ4n) is 10.2. The van der Waals surface area contributed by atoms with Crippen molar-refractivity contribution in [2.45, 2.75) is 125 Å². The van der Waals surface area contributed by atoms with Gasteiger partial charge >= 0.3 is 0 Å². The standard InChI is InChI=1S/2C27H34N4O2S.C6H3NOS.C2H6.CH4/c2*1-30(2)17-24-26(32-18-20-3-4-20)10-8-23-25(29-33-27(23)24)9-5-19-11-13-31(14-12-19)16-22-7-6-21(15-28)34-22;7-3-5-1-2-6(4-8)9-5;1-2;/h2*6-8,10,19-20H,3-5,9,11-14,16-18H2,1-2H3;1-2,4H;1-2H3;1H4. The minimum Gasteiger partial charge on any atom is -0.493 e. The SMILES string of the molecule is C.CC.CN(C)Cc1c(OCC2CC2)ccc2c(CCC3CCN(Cc4ccc(C#N)s4)CC3)noc12.CN(C)Cc1c(OCC2CC2)ccc2c(CCC3CCN(Cc4ccc(C#N)s4)CC3)noc12.N#Cc1ccc(C=O)s1. The molecule has 0 radical (unpaired) electrons. The Morgan fingerprint density at radius 2 is 0.975 bits per heavy atom. The van der Waals surface area contributed by atoms with Crippen LogP contribution in [0.1, 0.15) is 142 Å². The number of fused-ring (bicyclic) bond motifs is 2. The summed E-state index contributed by atoms with van der Waals surface area (Å²) in [5.74, 6) is 4.78. The Bertz CT molecular complexity index is 2980. The van der Waals surface area contributed by atoms with E-state index in [4.69, 9.17) is 34.3 Å². The van der Waals surface area contributed by atoms with Crippen LogP contribution in [0.25, 0.3) is 21.9 Å². The third-order valence-corrected chi connectivity index (χ3v) is 17.9. The highest BCUT2D eigenvalue weighted by molar-refractivity contribution is 7.14. The van der Waals surface area contributed by atoms with Crippen LogP contribution in [-0.2, 0) is 39.0 Å². The first-order chi connectivity index (χ1) is 38.5. The average Bonchev–Trinajstić information content (AvgIpc) is 4.14. The smallest absolute Gasteiger partial charge is 0.175 e. The Morgan fingerprint density at radius 3 is 1.31 bits per heavy atom. The molecule has 0 atom stereocenters. The number of carbonyl (C=O) groups is 1. The average molecular weight is 1140 g/mol. The molecule has 2 aliphatic carbocycles. The van der Waals surface area contributed by atoms with Crippen LogP contribution in [0.5, 0.6) is 11.5 Å². The van der Waals surface area contributed by atoms with Gasteiger partial charge in [-0.05, 0) is 216 Å². The van der Waals surface area contributed by atoms with Gasteiger partial charge in [-0.15, -0.1) is 34.0 Å². The summed E-state index contributed by atoms with van der Waals surface area (Å²) < 4.78 is 24.1. The fourth-order valence-corrected chi connectivity index (χ4v) is 12.6. The number of aldehydes is 1. The lowest BCUT2D eigenvalue weighted by Crippen LogP contribution is -2.33. The molecule has 2 saturated heterocycles. The maximum atomic E-state index is 10.0. The van der Waals surface area contributed by atoms with E-state index in [1.807, 2.05) is 32.0 Å². The van der Waals surface area contributed by atoms with E-state index >= 15 is 0 Å². The largest absolute Gasteiger partial charge is 0.493 e. The van der Waals surface area contributed by atoms with Gasteiger partial charge in [-0.1, -0.05) is 31.6 Å². The van der Waals surface area contributed by atoms with E-state index in [0.717, 1.165) is 187 Å². The molecule has 4 aliphatic rings. The number of rotatable bonds is 21. The van der Waals surface area contributed by atoms with Crippen molar-refractivity contribution in [1.29, 1.82) is 15.8 Å². The molecule has 14 nitrogen and oxygen atoms in total. The van der Waals surface area contributed by atoms with Crippen molar-refractivity contribution in [3.63, 3.8) is 0 Å². The maximum absolute atomic E-state index is 10.0. The van der Waals surface area contributed by atoms with E-state index in [1.54, 1.807) is 34.8 Å². The van der Waals surface area contributed by atoms with E-state index in [9.17, 15) is 4.79 Å². The first-order valence-electron chi connectivity index (χ1n) is 28.3. The Morgan fingerprint density at radius 1 is 0.575 bits per heavy atom. The summed E-state index contributed by atoms with van der Waals surface area (Å²) in [5, 5.41) is 37.6. The summed E-state index contributed by atoms with van der Waals surface area (Å²) in [6.45, 7) is 13.6. The Hall–Kier alpha value is -5.94. The molecule has 0 N–H and O–H groups in total. The van der Waals surface area contributed by atoms with Crippen LogP contribution in [0.3, 0.4) is 0 Å². The summed E-state index contributed by atoms with van der Waals surface area (Å²) in [6.07, 6.45) is 15.0. The van der Waals surface area contributed by atoms with Gasteiger partial charge in [-0.25, -0.2) is 0 Å². The van der Waals surface area contributed by atoms with Gasteiger partial charge in [0.05, 0.1) is 40.6 Å². The monoisotopic (exact) mass is 1140 g/mol. The van der Waals surface area contributed by atoms with Gasteiger partial charge in [-0.2, -0.15) is 15.8 Å². The van der Waals surface area contributed by atoms with Crippen LogP contribution in [0.4, 0.5) is 0 Å². The molecule has 5 aromatic heterocycles. The normalized spacial score (nSPS) is 15.9. The number of aromatic nitrogens is 2. The van der Waals surface area contributed by atoms with Crippen LogP contribution >= 0.6 is 34.0 Å². The summed E-state index contributed by atoms with van der Waals surface area (Å²) >= 11 is 4.44. The highest BCUT2D eigenvalue weighted by Crippen LogP contribution is 2.37. The molecule has 426 valence electrons. The van der Waals surface area contributed by atoms with Gasteiger partial charge in [0.2, 0.25) is 0 Å². The number of piperidine rings is 2. The quantitative estimate of drug-likeness (QED) is 0.0622. The van der Waals surface area contributed by atoms with E-state index in [-0.39, 0.29) is 7.43 Å². The second kappa shape index (κ2) is 30.8. The number of carbonyl (C=O) groups excluding carboxylic acids is 1. The van der Waals surface area contributed by atoms with Crippen molar-refractivity contribution in [2.75, 3.05) is 67.6 Å². The minimum atomic E-state index is 0. The zero-order chi connectivity index (χ0) is 55.7. The van der Waals surface area contributed by atoms with E-state index in [1.165, 1.54) is 72.5 Å². The van der Waals surface area contributed by atoms with E-state index in [2.05, 4.69) is 107 Å². The molecule has 11 rings (SSSR count). The van der Waals surface area contributed by atoms with Gasteiger partial charge < -0.3 is 28.3 Å². The Balaban J connectivity index is 0.000000193. The predicted molar refractivity (Wildman–Crippen MR) is 322 cm³/mol. The second-order valence-corrected chi connectivity index (χ2v) is 25.2. The molecule has 0 unspecified atom stereocenters. The Kier molecular flexibility index (Phi) is 23.7. The van der Waals surface area contributed by atoms with Crippen molar-refractivity contribution in [3.05, 3.63) is 112 Å². The molecule has 17 heteroatoms. The number of ether oxygens (including phenoxy) is 2. The molecule has 7 heterocycles. The maximum Gasteiger partial charge on any atom is 0.175 e. The van der Waals surface area contributed by atoms with Crippen LogP contribution in [0.15, 0.2) is 69.7 Å². The van der Waals surface area contributed by atoms with Crippen molar-refractivity contribution in [3.8, 4) is 29.7 Å². The number of nitriles is 3. The molecular weight excluding hydrogens is 1060 g/mol. The van der Waals surface area contributed by atoms with E-state index in [0.29, 0.717) is 9.75 Å². The number of likely N-dealkylation sites (tertiary alicyclic amines) is 2. The first kappa shape index (κ1) is 61.7. The lowest BCUT2D eigenvalue weighted by Gasteiger charge is -2.31. The summed E-state index contributed by atoms with van der Waals surface area (Å²) in [5.41, 5.74) is 6.16. The molecule has 2 aliphatic heterocycles. The van der Waals surface area contributed by atoms with Crippen molar-refractivity contribution >= 4 is 62.2 Å². The highest BCUT2D eigenvalue weighted by atomic mass is 32.1. The molecule has 0 bridgehead atoms. The van der Waals surface area contributed by atoms with Crippen molar-refractivity contribution < 1.29 is 23.3 Å². The zero-order valence-corrected chi connectivity index (χ0v) is 49.5. The highest BCUT2D eigenvalue weighted by Gasteiger charge is 2.27. The fraction of sp³-hybridized carbons (Fsp3) is 0.524. The minimum absolute atomic E-state index is 0. The molecule has 80 heavy (non-hydrogen) atoms. The topological polar surface area (TPSA) is 172 Å². The zero-order valence-electron chi connectivity index (χ0n) is 47.0. The third kappa shape index (κ3) is 17.8. The van der Waals surface area contributed by atoms with Gasteiger partial charge in [0.1, 0.15) is 44.3 Å². The van der Waals surface area contributed by atoms with E-state index < -0.39 is 0 Å². The number of aryl methyl sites for hydroxylation is 2. The van der Waals surface area contributed by atoms with Crippen molar-refractivity contribution in [1.82, 2.24) is 29.9 Å². The summed E-state index contributed by atoms with van der Waals surface area (Å²) in [4.78, 5) is 24.8. The van der Waals surface area contributed by atoms with Crippen LogP contribution < -0.4 is 9.47 Å². The number of hydrogen-bond donors (Lipinski definition) is 0. The second-order valence-electron chi connectivity index (χ2n) is 21.8. The third-order valence-electron chi connectivity index (χ3n) is 15.0. The molecule has 7 aromatic rings. The number of nitrogens with zero attached hydrogens (tertiary/aromatic N) is 9. The molecule has 0 amide bonds. The van der Waals surface area contributed by atoms with Crippen LogP contribution in [0, 0.1) is 57.7 Å². The van der Waals surface area contributed by atoms with Gasteiger partial charge in [0.15, 0.2) is 17.5 Å². The lowest BCUT2D eigenvalue weighted by molar-refractivity contribution is 0.112. The molecule has 2 aromatic carbocycles. The molecule has 0 spiro atoms. The number of benzene rings is 2. The molecular formula is C63H81N9O5S3. The summed E-state index contributed by atoms with van der Waals surface area (Å²) in [7, 11) is 8.31. The van der Waals surface area contributed by atoms with Crippen LogP contribution in [-0.4, -0.2) is 104 Å². The molecule has 4 fully saturated rings. The summed E-state index contributed by atoms with van der Waals surface area (Å²) in [6, 6.07) is 26.3. The Labute approximate surface area is 486 Å². The van der Waals surface area contributed by atoms with Gasteiger partial charge in [0, 0.05) is 46.7 Å². The number of hydrogen-bond acceptors (Lipinski definition) is 17. The van der Waals surface area contributed by atoms with Gasteiger partial charge in [0.25, 0.3) is 0 Å². The number of thiophene rings is 3. The predicted octanol–water partition coefficient (Wildman–Crippen LogP) is 14.0. The lowest BCUT2D eigenvalue weighted by atomic mass is 9.91. The van der Waals surface area contributed by atoms with Crippen molar-refractivity contribution in [2.24, 2.45) is 23.7 Å². The van der Waals surface area contributed by atoms with Crippen LogP contribution in [0.2, 0.25) is 0 Å². The van der Waals surface area contributed by atoms with Gasteiger partial charge in [-0.3, -0.25) is 14.6 Å². The first-order valence-corrected chi connectivity index (χ1v) is 30.7.